The highest BCUT2D eigenvalue weighted by Gasteiger charge is 2.27. The Balaban J connectivity index is 1.46. The van der Waals surface area contributed by atoms with Gasteiger partial charge in [0, 0.05) is 18.7 Å². The Morgan fingerprint density at radius 3 is 3.14 bits per heavy atom. The molecule has 1 amide bonds. The Hall–Kier alpha value is -2.24. The molecule has 0 bridgehead atoms. The summed E-state index contributed by atoms with van der Waals surface area (Å²) in [7, 11) is 0. The van der Waals surface area contributed by atoms with E-state index in [0.717, 1.165) is 13.0 Å². The molecule has 3 rings (SSSR count). The zero-order chi connectivity index (χ0) is 14.7. The lowest BCUT2D eigenvalue weighted by molar-refractivity contribution is -0.146. The number of ether oxygens (including phenoxy) is 2. The minimum atomic E-state index is -0.586. The molecule has 2 heterocycles. The number of carbonyl (C=O) groups is 2. The molecule has 0 unspecified atom stereocenters. The van der Waals surface area contributed by atoms with Crippen LogP contribution in [0.15, 0.2) is 24.3 Å². The van der Waals surface area contributed by atoms with Crippen molar-refractivity contribution in [3.05, 3.63) is 29.8 Å². The van der Waals surface area contributed by atoms with Crippen LogP contribution in [0.25, 0.3) is 0 Å². The first kappa shape index (κ1) is 13.7. The fourth-order valence-corrected chi connectivity index (χ4v) is 2.70. The fraction of sp³-hybridized carbons (Fsp3) is 0.467. The standard InChI is InChI=1S/C15H18N2O4/c18-14(12-6-9-21-15(19)16-12)20-10-8-17-7-5-11-3-1-2-4-13(11)17/h1-4,12H,5-10H2,(H,16,19)/t12-/m1/s1. The van der Waals surface area contributed by atoms with Crippen LogP contribution in [0.3, 0.4) is 0 Å². The Morgan fingerprint density at radius 2 is 2.29 bits per heavy atom. The number of hydrogen-bond donors (Lipinski definition) is 1. The van der Waals surface area contributed by atoms with Gasteiger partial charge < -0.3 is 19.7 Å². The largest absolute Gasteiger partial charge is 0.462 e. The van der Waals surface area contributed by atoms with Crippen molar-refractivity contribution in [3.8, 4) is 0 Å². The molecule has 1 aromatic rings. The van der Waals surface area contributed by atoms with Crippen molar-refractivity contribution < 1.29 is 19.1 Å². The van der Waals surface area contributed by atoms with Gasteiger partial charge in [0.2, 0.25) is 0 Å². The third kappa shape index (κ3) is 3.09. The van der Waals surface area contributed by atoms with Crippen LogP contribution in [0.1, 0.15) is 12.0 Å². The van der Waals surface area contributed by atoms with Gasteiger partial charge in [-0.25, -0.2) is 9.59 Å². The van der Waals surface area contributed by atoms with Gasteiger partial charge in [-0.2, -0.15) is 0 Å². The van der Waals surface area contributed by atoms with Crippen molar-refractivity contribution in [2.75, 3.05) is 31.2 Å². The lowest BCUT2D eigenvalue weighted by Gasteiger charge is -2.23. The molecular formula is C15H18N2O4. The van der Waals surface area contributed by atoms with Crippen molar-refractivity contribution in [2.24, 2.45) is 0 Å². The van der Waals surface area contributed by atoms with Crippen LogP contribution < -0.4 is 10.2 Å². The molecule has 0 saturated carbocycles. The van der Waals surface area contributed by atoms with Crippen LogP contribution in [-0.4, -0.2) is 44.4 Å². The Morgan fingerprint density at radius 1 is 1.43 bits per heavy atom. The lowest BCUT2D eigenvalue weighted by atomic mass is 10.2. The van der Waals surface area contributed by atoms with Gasteiger partial charge in [0.15, 0.2) is 0 Å². The second-order valence-electron chi connectivity index (χ2n) is 5.15. The molecule has 1 saturated heterocycles. The summed E-state index contributed by atoms with van der Waals surface area (Å²) in [6, 6.07) is 7.68. The van der Waals surface area contributed by atoms with Gasteiger partial charge in [0.1, 0.15) is 12.6 Å². The van der Waals surface area contributed by atoms with E-state index in [4.69, 9.17) is 9.47 Å². The highest BCUT2D eigenvalue weighted by Crippen LogP contribution is 2.26. The van der Waals surface area contributed by atoms with E-state index in [2.05, 4.69) is 22.3 Å². The highest BCUT2D eigenvalue weighted by atomic mass is 16.6. The molecule has 2 aliphatic rings. The van der Waals surface area contributed by atoms with Crippen LogP contribution in [0.4, 0.5) is 10.5 Å². The second kappa shape index (κ2) is 6.03. The van der Waals surface area contributed by atoms with Crippen LogP contribution in [-0.2, 0) is 20.7 Å². The number of hydrogen-bond acceptors (Lipinski definition) is 5. The minimum Gasteiger partial charge on any atom is -0.462 e. The Kier molecular flexibility index (Phi) is 3.94. The van der Waals surface area contributed by atoms with Gasteiger partial charge in [0.25, 0.3) is 0 Å². The first-order valence-corrected chi connectivity index (χ1v) is 7.17. The third-order valence-corrected chi connectivity index (χ3v) is 3.81. The summed E-state index contributed by atoms with van der Waals surface area (Å²) >= 11 is 0. The smallest absolute Gasteiger partial charge is 0.407 e. The van der Waals surface area contributed by atoms with Gasteiger partial charge in [-0.3, -0.25) is 0 Å². The van der Waals surface area contributed by atoms with Crippen molar-refractivity contribution in [1.82, 2.24) is 5.32 Å². The number of anilines is 1. The van der Waals surface area contributed by atoms with Crippen LogP contribution >= 0.6 is 0 Å². The quantitative estimate of drug-likeness (QED) is 0.841. The van der Waals surface area contributed by atoms with E-state index in [-0.39, 0.29) is 12.6 Å². The number of cyclic esters (lactones) is 1. The maximum atomic E-state index is 11.9. The van der Waals surface area contributed by atoms with Crippen LogP contribution in [0.5, 0.6) is 0 Å². The summed E-state index contributed by atoms with van der Waals surface area (Å²) in [4.78, 5) is 25.1. The zero-order valence-electron chi connectivity index (χ0n) is 11.7. The average Bonchev–Trinajstić information content (AvgIpc) is 2.91. The van der Waals surface area contributed by atoms with Gasteiger partial charge in [0.05, 0.1) is 13.2 Å². The van der Waals surface area contributed by atoms with Gasteiger partial charge in [-0.05, 0) is 18.1 Å². The van der Waals surface area contributed by atoms with E-state index in [1.54, 1.807) is 0 Å². The average molecular weight is 290 g/mol. The number of rotatable bonds is 4. The number of amides is 1. The molecule has 2 aliphatic heterocycles. The lowest BCUT2D eigenvalue weighted by Crippen LogP contribution is -2.47. The molecule has 1 fully saturated rings. The number of para-hydroxylation sites is 1. The molecule has 1 N–H and O–H groups in total. The first-order valence-electron chi connectivity index (χ1n) is 7.17. The molecule has 0 aromatic heterocycles. The van der Waals surface area contributed by atoms with E-state index in [0.29, 0.717) is 19.6 Å². The number of benzene rings is 1. The molecular weight excluding hydrogens is 272 g/mol. The number of nitrogens with zero attached hydrogens (tertiary/aromatic N) is 1. The number of alkyl carbamates (subject to hydrolysis) is 1. The predicted octanol–water partition coefficient (Wildman–Crippen LogP) is 1.09. The Labute approximate surface area is 123 Å². The fourth-order valence-electron chi connectivity index (χ4n) is 2.70. The highest BCUT2D eigenvalue weighted by molar-refractivity contribution is 5.82. The molecule has 1 atom stereocenters. The number of carbonyl (C=O) groups excluding carboxylic acids is 2. The van der Waals surface area contributed by atoms with Crippen LogP contribution in [0, 0.1) is 0 Å². The molecule has 0 radical (unpaired) electrons. The first-order chi connectivity index (χ1) is 10.2. The molecule has 21 heavy (non-hydrogen) atoms. The number of esters is 1. The number of fused-ring (bicyclic) bond motifs is 1. The SMILES string of the molecule is O=C1N[C@@H](C(=O)OCCN2CCc3ccccc32)CCO1. The predicted molar refractivity (Wildman–Crippen MR) is 76.2 cm³/mol. The van der Waals surface area contributed by atoms with E-state index in [9.17, 15) is 9.59 Å². The molecule has 6 nitrogen and oxygen atoms in total. The maximum Gasteiger partial charge on any atom is 0.407 e. The topological polar surface area (TPSA) is 67.9 Å². The summed E-state index contributed by atoms with van der Waals surface area (Å²) in [6.07, 6.45) is 0.925. The minimum absolute atomic E-state index is 0.255. The second-order valence-corrected chi connectivity index (χ2v) is 5.15. The van der Waals surface area contributed by atoms with E-state index in [1.165, 1.54) is 11.3 Å². The normalized spacial score (nSPS) is 20.5. The van der Waals surface area contributed by atoms with Gasteiger partial charge >= 0.3 is 12.1 Å². The summed E-state index contributed by atoms with van der Waals surface area (Å²) in [5.74, 6) is -0.390. The number of nitrogens with one attached hydrogen (secondary N) is 1. The van der Waals surface area contributed by atoms with Crippen molar-refractivity contribution in [3.63, 3.8) is 0 Å². The molecule has 6 heteroatoms. The van der Waals surface area contributed by atoms with Gasteiger partial charge in [-0.1, -0.05) is 18.2 Å². The molecule has 112 valence electrons. The summed E-state index contributed by atoms with van der Waals surface area (Å²) < 4.78 is 9.97. The molecule has 1 aromatic carbocycles. The monoisotopic (exact) mass is 290 g/mol. The molecule has 0 aliphatic carbocycles. The molecule has 0 spiro atoms. The maximum absolute atomic E-state index is 11.9. The summed E-state index contributed by atoms with van der Waals surface area (Å²) in [6.45, 7) is 2.19. The van der Waals surface area contributed by atoms with Crippen molar-refractivity contribution in [2.45, 2.75) is 18.9 Å². The van der Waals surface area contributed by atoms with Crippen molar-refractivity contribution in [1.29, 1.82) is 0 Å². The van der Waals surface area contributed by atoms with E-state index in [1.807, 2.05) is 12.1 Å². The zero-order valence-corrected chi connectivity index (χ0v) is 11.7. The summed E-state index contributed by atoms with van der Waals surface area (Å²) in [5.41, 5.74) is 2.55. The van der Waals surface area contributed by atoms with Crippen molar-refractivity contribution >= 4 is 17.7 Å². The third-order valence-electron chi connectivity index (χ3n) is 3.81. The summed E-state index contributed by atoms with van der Waals surface area (Å²) in [5, 5.41) is 2.46. The van der Waals surface area contributed by atoms with Gasteiger partial charge in [-0.15, -0.1) is 0 Å². The van der Waals surface area contributed by atoms with E-state index >= 15 is 0 Å². The van der Waals surface area contributed by atoms with Crippen LogP contribution in [0.2, 0.25) is 0 Å². The Bertz CT molecular complexity index is 546. The van der Waals surface area contributed by atoms with E-state index < -0.39 is 12.1 Å².